The highest BCUT2D eigenvalue weighted by molar-refractivity contribution is 5.95. The second-order valence-corrected chi connectivity index (χ2v) is 5.50. The number of hydrogen-bond acceptors (Lipinski definition) is 2. The van der Waals surface area contributed by atoms with Gasteiger partial charge in [-0.2, -0.15) is 0 Å². The molecule has 1 heterocycles. The molecule has 0 radical (unpaired) electrons. The van der Waals surface area contributed by atoms with Crippen LogP contribution in [0.5, 0.6) is 0 Å². The third-order valence-corrected chi connectivity index (χ3v) is 3.65. The molecule has 0 unspecified atom stereocenters. The average molecular weight is 326 g/mol. The molecule has 6 heteroatoms. The summed E-state index contributed by atoms with van der Waals surface area (Å²) in [5.74, 6) is -1.54. The summed E-state index contributed by atoms with van der Waals surface area (Å²) in [5, 5.41) is 12.2. The first-order valence-electron chi connectivity index (χ1n) is 7.37. The normalized spacial score (nSPS) is 10.7. The van der Waals surface area contributed by atoms with Gasteiger partial charge in [0, 0.05) is 22.8 Å². The number of benzene rings is 2. The van der Waals surface area contributed by atoms with E-state index in [4.69, 9.17) is 5.11 Å². The first-order chi connectivity index (χ1) is 11.5. The first kappa shape index (κ1) is 15.7. The molecule has 24 heavy (non-hydrogen) atoms. The van der Waals surface area contributed by atoms with Crippen LogP contribution in [0.15, 0.2) is 48.7 Å². The fourth-order valence-electron chi connectivity index (χ4n) is 2.61. The molecule has 3 N–H and O–H groups in total. The van der Waals surface area contributed by atoms with Gasteiger partial charge in [0.25, 0.3) is 0 Å². The number of halogens is 1. The Morgan fingerprint density at radius 3 is 2.75 bits per heavy atom. The van der Waals surface area contributed by atoms with Gasteiger partial charge < -0.3 is 15.4 Å². The summed E-state index contributed by atoms with van der Waals surface area (Å²) >= 11 is 0. The van der Waals surface area contributed by atoms with Crippen molar-refractivity contribution in [3.05, 3.63) is 65.6 Å². The smallest absolute Gasteiger partial charge is 0.307 e. The molecule has 0 fully saturated rings. The molecule has 0 aliphatic carbocycles. The van der Waals surface area contributed by atoms with E-state index in [9.17, 15) is 14.0 Å². The Bertz CT molecular complexity index is 918. The number of carbonyl (C=O) groups excluding carboxylic acids is 1. The fourth-order valence-corrected chi connectivity index (χ4v) is 2.61. The number of amides is 1. The number of rotatable bonds is 5. The van der Waals surface area contributed by atoms with Gasteiger partial charge >= 0.3 is 5.97 Å². The Balaban J connectivity index is 1.73. The molecule has 3 aromatic rings. The van der Waals surface area contributed by atoms with Gasteiger partial charge in [-0.05, 0) is 41.5 Å². The molecular formula is C18H15FN2O3. The predicted molar refractivity (Wildman–Crippen MR) is 88.4 cm³/mol. The zero-order valence-corrected chi connectivity index (χ0v) is 12.7. The summed E-state index contributed by atoms with van der Waals surface area (Å²) in [5.41, 5.74) is 2.60. The summed E-state index contributed by atoms with van der Waals surface area (Å²) in [6.07, 6.45) is 1.67. The number of anilines is 1. The molecule has 0 saturated heterocycles. The van der Waals surface area contributed by atoms with Crippen LogP contribution in [-0.2, 0) is 22.4 Å². The predicted octanol–water partition coefficient (Wildman–Crippen LogP) is 3.12. The lowest BCUT2D eigenvalue weighted by atomic mass is 10.1. The number of nitrogens with one attached hydrogen (secondary N) is 2. The quantitative estimate of drug-likeness (QED) is 0.674. The van der Waals surface area contributed by atoms with E-state index in [2.05, 4.69) is 10.3 Å². The number of hydrogen-bond donors (Lipinski definition) is 3. The molecule has 0 atom stereocenters. The first-order valence-corrected chi connectivity index (χ1v) is 7.37. The standard InChI is InChI=1S/C18H15FN2O3/c19-13-4-5-16-15(9-13)12(10-20-16)8-17(22)21-14-3-1-2-11(6-14)7-18(23)24/h1-6,9-10,20H,7-8H2,(H,21,22)(H,23,24). The summed E-state index contributed by atoms with van der Waals surface area (Å²) in [6, 6.07) is 11.1. The van der Waals surface area contributed by atoms with Gasteiger partial charge in [0.1, 0.15) is 5.82 Å². The van der Waals surface area contributed by atoms with Crippen molar-refractivity contribution >= 4 is 28.5 Å². The van der Waals surface area contributed by atoms with Crippen LogP contribution in [0.1, 0.15) is 11.1 Å². The molecule has 1 aromatic heterocycles. The Morgan fingerprint density at radius 2 is 1.96 bits per heavy atom. The van der Waals surface area contributed by atoms with Crippen LogP contribution in [0.25, 0.3) is 10.9 Å². The summed E-state index contributed by atoms with van der Waals surface area (Å²) < 4.78 is 13.4. The minimum absolute atomic E-state index is 0.0899. The van der Waals surface area contributed by atoms with Gasteiger partial charge in [0.05, 0.1) is 12.8 Å². The topological polar surface area (TPSA) is 82.2 Å². The lowest BCUT2D eigenvalue weighted by Gasteiger charge is -2.06. The fraction of sp³-hybridized carbons (Fsp3) is 0.111. The van der Waals surface area contributed by atoms with Crippen molar-refractivity contribution < 1.29 is 19.1 Å². The second-order valence-electron chi connectivity index (χ2n) is 5.50. The number of carbonyl (C=O) groups is 2. The van der Waals surface area contributed by atoms with Crippen molar-refractivity contribution in [1.29, 1.82) is 0 Å². The highest BCUT2D eigenvalue weighted by atomic mass is 19.1. The van der Waals surface area contributed by atoms with Crippen molar-refractivity contribution in [1.82, 2.24) is 4.98 Å². The Kier molecular flexibility index (Phi) is 4.29. The minimum atomic E-state index is -0.931. The molecule has 0 bridgehead atoms. The van der Waals surface area contributed by atoms with Crippen molar-refractivity contribution in [3.63, 3.8) is 0 Å². The van der Waals surface area contributed by atoms with E-state index >= 15 is 0 Å². The van der Waals surface area contributed by atoms with Crippen LogP contribution < -0.4 is 5.32 Å². The molecule has 0 aliphatic heterocycles. The van der Waals surface area contributed by atoms with Gasteiger partial charge in [-0.15, -0.1) is 0 Å². The summed E-state index contributed by atoms with van der Waals surface area (Å²) in [6.45, 7) is 0. The maximum Gasteiger partial charge on any atom is 0.307 e. The number of aromatic nitrogens is 1. The van der Waals surface area contributed by atoms with Crippen molar-refractivity contribution in [2.75, 3.05) is 5.32 Å². The Labute approximate surface area is 137 Å². The van der Waals surface area contributed by atoms with Crippen molar-refractivity contribution in [2.45, 2.75) is 12.8 Å². The van der Waals surface area contributed by atoms with E-state index < -0.39 is 5.97 Å². The van der Waals surface area contributed by atoms with Crippen LogP contribution >= 0.6 is 0 Å². The van der Waals surface area contributed by atoms with Gasteiger partial charge in [0.15, 0.2) is 0 Å². The molecule has 1 amide bonds. The highest BCUT2D eigenvalue weighted by Gasteiger charge is 2.10. The van der Waals surface area contributed by atoms with E-state index in [1.807, 2.05) is 0 Å². The van der Waals surface area contributed by atoms with Gasteiger partial charge in [-0.3, -0.25) is 9.59 Å². The number of aromatic amines is 1. The average Bonchev–Trinajstić information content (AvgIpc) is 2.89. The van der Waals surface area contributed by atoms with Gasteiger partial charge in [-0.25, -0.2) is 4.39 Å². The van der Waals surface area contributed by atoms with Crippen LogP contribution in [0.2, 0.25) is 0 Å². The highest BCUT2D eigenvalue weighted by Crippen LogP contribution is 2.20. The lowest BCUT2D eigenvalue weighted by molar-refractivity contribution is -0.136. The van der Waals surface area contributed by atoms with Gasteiger partial charge in [0.2, 0.25) is 5.91 Å². The van der Waals surface area contributed by atoms with E-state index in [0.29, 0.717) is 22.2 Å². The minimum Gasteiger partial charge on any atom is -0.481 e. The van der Waals surface area contributed by atoms with E-state index in [-0.39, 0.29) is 24.6 Å². The molecule has 0 aliphatic rings. The van der Waals surface area contributed by atoms with Crippen LogP contribution in [0.4, 0.5) is 10.1 Å². The van der Waals surface area contributed by atoms with E-state index in [1.54, 1.807) is 36.5 Å². The molecule has 0 saturated carbocycles. The maximum absolute atomic E-state index is 13.4. The Hall–Kier alpha value is -3.15. The number of carboxylic acid groups (broad SMARTS) is 1. The van der Waals surface area contributed by atoms with Crippen molar-refractivity contribution in [3.8, 4) is 0 Å². The van der Waals surface area contributed by atoms with Gasteiger partial charge in [-0.1, -0.05) is 12.1 Å². The third-order valence-electron chi connectivity index (χ3n) is 3.65. The summed E-state index contributed by atoms with van der Waals surface area (Å²) in [4.78, 5) is 26.0. The Morgan fingerprint density at radius 1 is 1.12 bits per heavy atom. The molecule has 0 spiro atoms. The van der Waals surface area contributed by atoms with Crippen LogP contribution in [0.3, 0.4) is 0 Å². The van der Waals surface area contributed by atoms with E-state index in [1.165, 1.54) is 12.1 Å². The lowest BCUT2D eigenvalue weighted by Crippen LogP contribution is -2.14. The van der Waals surface area contributed by atoms with Crippen LogP contribution in [-0.4, -0.2) is 22.0 Å². The maximum atomic E-state index is 13.4. The molecule has 122 valence electrons. The SMILES string of the molecule is O=C(O)Cc1cccc(NC(=O)Cc2c[nH]c3ccc(F)cc23)c1. The molecular weight excluding hydrogens is 311 g/mol. The van der Waals surface area contributed by atoms with E-state index in [0.717, 1.165) is 5.52 Å². The molecule has 3 rings (SSSR count). The molecule has 5 nitrogen and oxygen atoms in total. The second kappa shape index (κ2) is 6.54. The zero-order chi connectivity index (χ0) is 17.1. The molecule has 2 aromatic carbocycles. The number of H-pyrrole nitrogens is 1. The largest absolute Gasteiger partial charge is 0.481 e. The number of fused-ring (bicyclic) bond motifs is 1. The summed E-state index contributed by atoms with van der Waals surface area (Å²) in [7, 11) is 0. The van der Waals surface area contributed by atoms with Crippen LogP contribution in [0, 0.1) is 5.82 Å². The number of carboxylic acids is 1. The monoisotopic (exact) mass is 326 g/mol. The number of aliphatic carboxylic acids is 1. The zero-order valence-electron chi connectivity index (χ0n) is 12.7. The third kappa shape index (κ3) is 3.60. The van der Waals surface area contributed by atoms with Crippen molar-refractivity contribution in [2.24, 2.45) is 0 Å².